The normalized spacial score (nSPS) is 13.0. The maximum Gasteiger partial charge on any atom is 0.159 e. The number of nitrogens with zero attached hydrogens (tertiary/aromatic N) is 1. The molecule has 4 heteroatoms. The first-order valence-corrected chi connectivity index (χ1v) is 6.59. The maximum atomic E-state index is 11.3. The highest BCUT2D eigenvalue weighted by Crippen LogP contribution is 2.27. The third kappa shape index (κ3) is 3.00. The Bertz CT molecular complexity index is 692. The number of Topliss-reactive ketones (excluding diaryl/α,β-unsaturated/α-hetero) is 1. The summed E-state index contributed by atoms with van der Waals surface area (Å²) in [7, 11) is 0. The van der Waals surface area contributed by atoms with E-state index in [-0.39, 0.29) is 22.8 Å². The summed E-state index contributed by atoms with van der Waals surface area (Å²) in [5.41, 5.74) is 10.3. The summed E-state index contributed by atoms with van der Waals surface area (Å²) < 4.78 is 0. The third-order valence-corrected chi connectivity index (χ3v) is 3.58. The molecule has 1 aliphatic rings. The van der Waals surface area contributed by atoms with Gasteiger partial charge < -0.3 is 10.6 Å². The number of hydrogen-bond donors (Lipinski definition) is 1. The largest absolute Gasteiger partial charge is 0.385 e. The maximum absolute atomic E-state index is 11.3. The summed E-state index contributed by atoms with van der Waals surface area (Å²) in [5.74, 6) is 0.795. The summed E-state index contributed by atoms with van der Waals surface area (Å²) in [6, 6.07) is 15.8. The lowest BCUT2D eigenvalue weighted by Gasteiger charge is -2.29. The number of ketones is 1. The van der Waals surface area contributed by atoms with Crippen molar-refractivity contribution in [2.75, 3.05) is 4.90 Å². The standard InChI is InChI=1S/C17H16N2O.BrH/c1-12(20)13-6-8-16(9-7-13)19-11-15-5-3-2-4-14(15)10-17(19)18;/h2-10H,11,18H2,1H3;1H. The molecule has 0 bridgehead atoms. The molecule has 3 rings (SSSR count). The van der Waals surface area contributed by atoms with Gasteiger partial charge in [0.2, 0.25) is 0 Å². The quantitative estimate of drug-likeness (QED) is 0.844. The molecule has 108 valence electrons. The van der Waals surface area contributed by atoms with Crippen molar-refractivity contribution < 1.29 is 4.79 Å². The first kappa shape index (κ1) is 15.3. The zero-order chi connectivity index (χ0) is 14.1. The Morgan fingerprint density at radius 2 is 1.76 bits per heavy atom. The van der Waals surface area contributed by atoms with Gasteiger partial charge in [0, 0.05) is 11.3 Å². The minimum atomic E-state index is 0. The molecule has 0 spiro atoms. The lowest BCUT2D eigenvalue weighted by atomic mass is 10.0. The van der Waals surface area contributed by atoms with Gasteiger partial charge in [-0.05, 0) is 48.4 Å². The minimum absolute atomic E-state index is 0. The van der Waals surface area contributed by atoms with Crippen LogP contribution in [-0.2, 0) is 6.54 Å². The van der Waals surface area contributed by atoms with Crippen LogP contribution in [0.4, 0.5) is 5.69 Å². The Morgan fingerprint density at radius 3 is 2.43 bits per heavy atom. The number of nitrogens with two attached hydrogens (primary N) is 1. The summed E-state index contributed by atoms with van der Waals surface area (Å²) in [6.45, 7) is 2.32. The monoisotopic (exact) mass is 344 g/mol. The van der Waals surface area contributed by atoms with E-state index in [0.717, 1.165) is 18.1 Å². The molecule has 0 saturated carbocycles. The molecule has 0 unspecified atom stereocenters. The van der Waals surface area contributed by atoms with E-state index in [4.69, 9.17) is 5.73 Å². The van der Waals surface area contributed by atoms with Crippen LogP contribution < -0.4 is 10.6 Å². The minimum Gasteiger partial charge on any atom is -0.385 e. The number of hydrogen-bond acceptors (Lipinski definition) is 3. The number of halogens is 1. The van der Waals surface area contributed by atoms with Crippen molar-refractivity contribution in [2.45, 2.75) is 13.5 Å². The van der Waals surface area contributed by atoms with Crippen LogP contribution >= 0.6 is 17.0 Å². The predicted octanol–water partition coefficient (Wildman–Crippen LogP) is 3.74. The highest BCUT2D eigenvalue weighted by Gasteiger charge is 2.17. The van der Waals surface area contributed by atoms with E-state index in [9.17, 15) is 4.79 Å². The lowest BCUT2D eigenvalue weighted by Crippen LogP contribution is -2.29. The van der Waals surface area contributed by atoms with E-state index in [0.29, 0.717) is 5.56 Å². The van der Waals surface area contributed by atoms with Crippen molar-refractivity contribution in [3.05, 3.63) is 71.0 Å². The van der Waals surface area contributed by atoms with Crippen LogP contribution in [0, 0.1) is 0 Å². The predicted molar refractivity (Wildman–Crippen MR) is 91.6 cm³/mol. The molecule has 21 heavy (non-hydrogen) atoms. The number of fused-ring (bicyclic) bond motifs is 1. The van der Waals surface area contributed by atoms with E-state index in [1.165, 1.54) is 11.1 Å². The van der Waals surface area contributed by atoms with Crippen LogP contribution in [0.15, 0.2) is 54.4 Å². The van der Waals surface area contributed by atoms with Crippen LogP contribution in [0.2, 0.25) is 0 Å². The Morgan fingerprint density at radius 1 is 1.10 bits per heavy atom. The van der Waals surface area contributed by atoms with Gasteiger partial charge in [-0.2, -0.15) is 0 Å². The average molecular weight is 345 g/mol. The van der Waals surface area contributed by atoms with Crippen molar-refractivity contribution in [1.82, 2.24) is 0 Å². The third-order valence-electron chi connectivity index (χ3n) is 3.58. The van der Waals surface area contributed by atoms with E-state index in [1.54, 1.807) is 6.92 Å². The molecular weight excluding hydrogens is 328 g/mol. The molecule has 2 aromatic carbocycles. The van der Waals surface area contributed by atoms with Gasteiger partial charge in [-0.1, -0.05) is 24.3 Å². The molecule has 0 aromatic heterocycles. The van der Waals surface area contributed by atoms with Gasteiger partial charge >= 0.3 is 0 Å². The molecule has 0 amide bonds. The van der Waals surface area contributed by atoms with Gasteiger partial charge in [-0.3, -0.25) is 4.79 Å². The Balaban J connectivity index is 0.00000161. The number of rotatable bonds is 2. The average Bonchev–Trinajstić information content (AvgIpc) is 2.46. The molecule has 0 aliphatic carbocycles. The number of benzene rings is 2. The molecule has 0 atom stereocenters. The zero-order valence-electron chi connectivity index (χ0n) is 11.7. The second-order valence-corrected chi connectivity index (χ2v) is 4.96. The fourth-order valence-corrected chi connectivity index (χ4v) is 2.43. The van der Waals surface area contributed by atoms with Gasteiger partial charge in [0.15, 0.2) is 5.78 Å². The second kappa shape index (κ2) is 6.14. The van der Waals surface area contributed by atoms with Crippen LogP contribution in [0.3, 0.4) is 0 Å². The Kier molecular flexibility index (Phi) is 4.48. The van der Waals surface area contributed by atoms with Gasteiger partial charge in [0.25, 0.3) is 0 Å². The van der Waals surface area contributed by atoms with Crippen molar-refractivity contribution in [2.24, 2.45) is 5.73 Å². The summed E-state index contributed by atoms with van der Waals surface area (Å²) in [4.78, 5) is 13.4. The van der Waals surface area contributed by atoms with E-state index < -0.39 is 0 Å². The van der Waals surface area contributed by atoms with Gasteiger partial charge in [0.1, 0.15) is 5.82 Å². The Hall–Kier alpha value is -2.07. The van der Waals surface area contributed by atoms with Gasteiger partial charge in [0.05, 0.1) is 6.54 Å². The molecule has 2 N–H and O–H groups in total. The molecule has 0 saturated heterocycles. The first-order chi connectivity index (χ1) is 9.65. The van der Waals surface area contributed by atoms with E-state index in [1.807, 2.05) is 47.4 Å². The van der Waals surface area contributed by atoms with Crippen molar-refractivity contribution in [1.29, 1.82) is 0 Å². The topological polar surface area (TPSA) is 46.3 Å². The molecule has 0 radical (unpaired) electrons. The second-order valence-electron chi connectivity index (χ2n) is 4.96. The zero-order valence-corrected chi connectivity index (χ0v) is 13.5. The number of carbonyl (C=O) groups excluding carboxylic acids is 1. The van der Waals surface area contributed by atoms with Crippen molar-refractivity contribution >= 4 is 34.5 Å². The van der Waals surface area contributed by atoms with Crippen LogP contribution in [0.1, 0.15) is 28.4 Å². The number of anilines is 1. The molecule has 1 aliphatic heterocycles. The Labute approximate surface area is 134 Å². The fraction of sp³-hybridized carbons (Fsp3) is 0.118. The lowest BCUT2D eigenvalue weighted by molar-refractivity contribution is 0.101. The van der Waals surface area contributed by atoms with Crippen molar-refractivity contribution in [3.63, 3.8) is 0 Å². The molecule has 0 fully saturated rings. The summed E-state index contributed by atoms with van der Waals surface area (Å²) >= 11 is 0. The SMILES string of the molecule is Br.CC(=O)c1ccc(N2Cc3ccccc3C=C2N)cc1. The van der Waals surface area contributed by atoms with Crippen LogP contribution in [0.25, 0.3) is 6.08 Å². The van der Waals surface area contributed by atoms with Crippen LogP contribution in [-0.4, -0.2) is 5.78 Å². The van der Waals surface area contributed by atoms with Crippen molar-refractivity contribution in [3.8, 4) is 0 Å². The summed E-state index contributed by atoms with van der Waals surface area (Å²) in [5, 5.41) is 0. The highest BCUT2D eigenvalue weighted by atomic mass is 79.9. The molecular formula is C17H17BrN2O. The smallest absolute Gasteiger partial charge is 0.159 e. The molecule has 3 nitrogen and oxygen atoms in total. The van der Waals surface area contributed by atoms with E-state index in [2.05, 4.69) is 12.1 Å². The van der Waals surface area contributed by atoms with Crippen LogP contribution in [0.5, 0.6) is 0 Å². The fourth-order valence-electron chi connectivity index (χ4n) is 2.43. The van der Waals surface area contributed by atoms with E-state index >= 15 is 0 Å². The number of carbonyl (C=O) groups is 1. The van der Waals surface area contributed by atoms with Gasteiger partial charge in [-0.15, -0.1) is 17.0 Å². The molecule has 2 aromatic rings. The highest BCUT2D eigenvalue weighted by molar-refractivity contribution is 8.93. The first-order valence-electron chi connectivity index (χ1n) is 6.59. The summed E-state index contributed by atoms with van der Waals surface area (Å²) in [6.07, 6.45) is 1.98. The van der Waals surface area contributed by atoms with Gasteiger partial charge in [-0.25, -0.2) is 0 Å². The molecule has 1 heterocycles.